The lowest BCUT2D eigenvalue weighted by molar-refractivity contribution is 0.466. The molecule has 1 heteroatoms. The molecule has 1 aliphatic rings. The smallest absolute Gasteiger partial charge is 0.0261 e. The zero-order chi connectivity index (χ0) is 9.31. The van der Waals surface area contributed by atoms with Crippen LogP contribution in [-0.4, -0.2) is 0 Å². The van der Waals surface area contributed by atoms with E-state index >= 15 is 0 Å². The molecule has 0 N–H and O–H groups in total. The van der Waals surface area contributed by atoms with Crippen molar-refractivity contribution in [2.45, 2.75) is 19.3 Å². The molecule has 0 fully saturated rings. The number of hydrogen-bond donors (Lipinski definition) is 0. The first-order chi connectivity index (χ1) is 6.23. The second-order valence-electron chi connectivity index (χ2n) is 3.79. The van der Waals surface area contributed by atoms with Gasteiger partial charge in [0.1, 0.15) is 0 Å². The van der Waals surface area contributed by atoms with Gasteiger partial charge in [0, 0.05) is 10.3 Å². The average Bonchev–Trinajstić information content (AvgIpc) is 2.63. The topological polar surface area (TPSA) is 0 Å². The molecule has 1 heterocycles. The van der Waals surface area contributed by atoms with Crippen molar-refractivity contribution >= 4 is 11.3 Å². The van der Waals surface area contributed by atoms with Crippen molar-refractivity contribution in [1.82, 2.24) is 0 Å². The molecule has 2 rings (SSSR count). The van der Waals surface area contributed by atoms with Gasteiger partial charge >= 0.3 is 0 Å². The van der Waals surface area contributed by atoms with E-state index in [0.717, 1.165) is 0 Å². The van der Waals surface area contributed by atoms with E-state index in [9.17, 15) is 0 Å². The lowest BCUT2D eigenvalue weighted by Gasteiger charge is -2.31. The normalized spacial score (nSPS) is 32.3. The van der Waals surface area contributed by atoms with Gasteiger partial charge in [0.25, 0.3) is 0 Å². The summed E-state index contributed by atoms with van der Waals surface area (Å²) in [7, 11) is 0. The predicted molar refractivity (Wildman–Crippen MR) is 59.1 cm³/mol. The number of rotatable bonds is 1. The zero-order valence-corrected chi connectivity index (χ0v) is 8.84. The highest BCUT2D eigenvalue weighted by Crippen LogP contribution is 2.38. The monoisotopic (exact) mass is 190 g/mol. The quantitative estimate of drug-likeness (QED) is 0.632. The maximum absolute atomic E-state index is 2.31. The minimum absolute atomic E-state index is 0.211. The van der Waals surface area contributed by atoms with Crippen LogP contribution in [-0.2, 0) is 5.41 Å². The Kier molecular flexibility index (Phi) is 2.12. The third kappa shape index (κ3) is 1.37. The van der Waals surface area contributed by atoms with Crippen molar-refractivity contribution < 1.29 is 0 Å². The van der Waals surface area contributed by atoms with Crippen molar-refractivity contribution in [2.24, 2.45) is 5.92 Å². The molecule has 0 spiro atoms. The van der Waals surface area contributed by atoms with Gasteiger partial charge in [-0.1, -0.05) is 44.2 Å². The molecular formula is C12H14S. The second-order valence-corrected chi connectivity index (χ2v) is 4.74. The van der Waals surface area contributed by atoms with E-state index in [2.05, 4.69) is 55.7 Å². The fourth-order valence-electron chi connectivity index (χ4n) is 1.73. The largest absolute Gasteiger partial charge is 0.148 e. The van der Waals surface area contributed by atoms with Gasteiger partial charge in [-0.2, -0.15) is 0 Å². The van der Waals surface area contributed by atoms with E-state index in [1.54, 1.807) is 0 Å². The van der Waals surface area contributed by atoms with Crippen molar-refractivity contribution in [3.05, 3.63) is 46.7 Å². The Morgan fingerprint density at radius 2 is 2.23 bits per heavy atom. The standard InChI is InChI=1S/C12H14S/c1-10-6-3-4-8-12(10,2)11-7-5-9-13-11/h3-10H,1-2H3. The van der Waals surface area contributed by atoms with E-state index in [4.69, 9.17) is 0 Å². The summed E-state index contributed by atoms with van der Waals surface area (Å²) >= 11 is 1.85. The summed E-state index contributed by atoms with van der Waals surface area (Å²) in [5, 5.41) is 2.15. The number of hydrogen-bond acceptors (Lipinski definition) is 1. The highest BCUT2D eigenvalue weighted by atomic mass is 32.1. The Morgan fingerprint density at radius 1 is 1.38 bits per heavy atom. The van der Waals surface area contributed by atoms with Crippen molar-refractivity contribution in [2.75, 3.05) is 0 Å². The van der Waals surface area contributed by atoms with Crippen LogP contribution in [0.4, 0.5) is 0 Å². The predicted octanol–water partition coefficient (Wildman–Crippen LogP) is 3.77. The molecule has 0 amide bonds. The molecular weight excluding hydrogens is 176 g/mol. The van der Waals surface area contributed by atoms with E-state index in [0.29, 0.717) is 5.92 Å². The summed E-state index contributed by atoms with van der Waals surface area (Å²) in [5.41, 5.74) is 0.211. The molecule has 68 valence electrons. The van der Waals surface area contributed by atoms with Crippen molar-refractivity contribution in [3.63, 3.8) is 0 Å². The van der Waals surface area contributed by atoms with Gasteiger partial charge in [0.15, 0.2) is 0 Å². The first kappa shape index (κ1) is 8.76. The molecule has 1 aliphatic carbocycles. The molecule has 0 radical (unpaired) electrons. The summed E-state index contributed by atoms with van der Waals surface area (Å²) in [6.07, 6.45) is 8.88. The second kappa shape index (κ2) is 3.15. The maximum atomic E-state index is 2.31. The van der Waals surface area contributed by atoms with Crippen LogP contribution in [0.25, 0.3) is 0 Å². The van der Waals surface area contributed by atoms with Crippen LogP contribution in [0, 0.1) is 5.92 Å². The van der Waals surface area contributed by atoms with E-state index in [1.807, 2.05) is 11.3 Å². The lowest BCUT2D eigenvalue weighted by atomic mass is 9.74. The molecule has 0 saturated carbocycles. The first-order valence-electron chi connectivity index (χ1n) is 4.63. The SMILES string of the molecule is CC1C=CC=CC1(C)c1cccs1. The van der Waals surface area contributed by atoms with Crippen molar-refractivity contribution in [1.29, 1.82) is 0 Å². The molecule has 0 saturated heterocycles. The summed E-state index contributed by atoms with van der Waals surface area (Å²) in [4.78, 5) is 1.46. The molecule has 1 aromatic heterocycles. The highest BCUT2D eigenvalue weighted by molar-refractivity contribution is 7.10. The summed E-state index contributed by atoms with van der Waals surface area (Å²) < 4.78 is 0. The van der Waals surface area contributed by atoms with Gasteiger partial charge < -0.3 is 0 Å². The molecule has 2 atom stereocenters. The molecule has 13 heavy (non-hydrogen) atoms. The van der Waals surface area contributed by atoms with Crippen LogP contribution < -0.4 is 0 Å². The van der Waals surface area contributed by atoms with Gasteiger partial charge in [-0.3, -0.25) is 0 Å². The highest BCUT2D eigenvalue weighted by Gasteiger charge is 2.30. The summed E-state index contributed by atoms with van der Waals surface area (Å²) in [5.74, 6) is 0.594. The Morgan fingerprint density at radius 3 is 2.85 bits per heavy atom. The molecule has 1 aromatic rings. The third-order valence-electron chi connectivity index (χ3n) is 2.95. The van der Waals surface area contributed by atoms with Crippen LogP contribution in [0.15, 0.2) is 41.8 Å². The van der Waals surface area contributed by atoms with Gasteiger partial charge in [-0.25, -0.2) is 0 Å². The van der Waals surface area contributed by atoms with Gasteiger partial charge in [-0.05, 0) is 17.4 Å². The average molecular weight is 190 g/mol. The van der Waals surface area contributed by atoms with E-state index < -0.39 is 0 Å². The Hall–Kier alpha value is -0.820. The first-order valence-corrected chi connectivity index (χ1v) is 5.51. The maximum Gasteiger partial charge on any atom is 0.0261 e. The lowest BCUT2D eigenvalue weighted by Crippen LogP contribution is -2.26. The Labute approximate surface area is 83.6 Å². The molecule has 0 nitrogen and oxygen atoms in total. The summed E-state index contributed by atoms with van der Waals surface area (Å²) in [6.45, 7) is 4.59. The molecule has 0 bridgehead atoms. The van der Waals surface area contributed by atoms with Crippen LogP contribution in [0.5, 0.6) is 0 Å². The molecule has 2 unspecified atom stereocenters. The Bertz CT molecular complexity index is 332. The molecule has 0 aromatic carbocycles. The Balaban J connectivity index is 2.41. The number of thiophene rings is 1. The zero-order valence-electron chi connectivity index (χ0n) is 8.03. The van der Waals surface area contributed by atoms with E-state index in [1.165, 1.54) is 4.88 Å². The van der Waals surface area contributed by atoms with Crippen LogP contribution in [0.2, 0.25) is 0 Å². The fraction of sp³-hybridized carbons (Fsp3) is 0.333. The van der Waals surface area contributed by atoms with Crippen LogP contribution in [0.1, 0.15) is 18.7 Å². The van der Waals surface area contributed by atoms with Gasteiger partial charge in [0.05, 0.1) is 0 Å². The molecule has 0 aliphatic heterocycles. The van der Waals surface area contributed by atoms with Gasteiger partial charge in [-0.15, -0.1) is 11.3 Å². The minimum Gasteiger partial charge on any atom is -0.148 e. The van der Waals surface area contributed by atoms with Crippen LogP contribution >= 0.6 is 11.3 Å². The van der Waals surface area contributed by atoms with Crippen molar-refractivity contribution in [3.8, 4) is 0 Å². The van der Waals surface area contributed by atoms with Gasteiger partial charge in [0.2, 0.25) is 0 Å². The van der Waals surface area contributed by atoms with Crippen LogP contribution in [0.3, 0.4) is 0 Å². The van der Waals surface area contributed by atoms with E-state index in [-0.39, 0.29) is 5.41 Å². The minimum atomic E-state index is 0.211. The third-order valence-corrected chi connectivity index (χ3v) is 4.07. The fourth-order valence-corrected chi connectivity index (χ4v) is 2.70. The summed E-state index contributed by atoms with van der Waals surface area (Å²) in [6, 6.07) is 4.36. The number of allylic oxidation sites excluding steroid dienone is 4.